The smallest absolute Gasteiger partial charge is 0.254 e. The Morgan fingerprint density at radius 3 is 2.73 bits per heavy atom. The van der Waals surface area contributed by atoms with Crippen LogP contribution in [0.5, 0.6) is 0 Å². The van der Waals surface area contributed by atoms with Gasteiger partial charge in [0.25, 0.3) is 11.5 Å². The molecule has 0 aliphatic carbocycles. The van der Waals surface area contributed by atoms with Crippen LogP contribution in [-0.2, 0) is 17.8 Å². The molecule has 1 aromatic heterocycles. The van der Waals surface area contributed by atoms with Gasteiger partial charge in [0, 0.05) is 19.3 Å². The molecule has 0 unspecified atom stereocenters. The number of hydrogen-bond acceptors (Lipinski definition) is 3. The summed E-state index contributed by atoms with van der Waals surface area (Å²) in [6.45, 7) is 4.13. The minimum atomic E-state index is -0.356. The van der Waals surface area contributed by atoms with Crippen molar-refractivity contribution in [3.05, 3.63) is 73.6 Å². The van der Waals surface area contributed by atoms with E-state index in [9.17, 15) is 9.59 Å². The number of aryl methyl sites for hydroxylation is 1. The van der Waals surface area contributed by atoms with Crippen LogP contribution in [0.15, 0.2) is 35.6 Å². The molecule has 0 spiro atoms. The SMILES string of the molecule is C=Cc1cc(C(=O)NCCCc2ccc(Cl)c(Cl)c2)c(COC)c(=O)[nH]1. The van der Waals surface area contributed by atoms with Crippen molar-refractivity contribution >= 4 is 35.2 Å². The summed E-state index contributed by atoms with van der Waals surface area (Å²) in [5, 5.41) is 3.86. The van der Waals surface area contributed by atoms with Crippen molar-refractivity contribution < 1.29 is 9.53 Å². The van der Waals surface area contributed by atoms with Crippen LogP contribution in [0.1, 0.15) is 33.6 Å². The van der Waals surface area contributed by atoms with Crippen molar-refractivity contribution in [2.24, 2.45) is 0 Å². The highest BCUT2D eigenvalue weighted by Gasteiger charge is 2.15. The van der Waals surface area contributed by atoms with Crippen LogP contribution in [0.4, 0.5) is 0 Å². The summed E-state index contributed by atoms with van der Waals surface area (Å²) >= 11 is 11.9. The van der Waals surface area contributed by atoms with Crippen LogP contribution < -0.4 is 10.9 Å². The number of nitrogens with one attached hydrogen (secondary N) is 2. The van der Waals surface area contributed by atoms with E-state index in [4.69, 9.17) is 27.9 Å². The Morgan fingerprint density at radius 1 is 1.31 bits per heavy atom. The first-order chi connectivity index (χ1) is 12.5. The number of hydrogen-bond donors (Lipinski definition) is 2. The molecule has 0 aliphatic rings. The van der Waals surface area contributed by atoms with Crippen LogP contribution in [0.25, 0.3) is 6.08 Å². The Kier molecular flexibility index (Phi) is 7.45. The number of carbonyl (C=O) groups is 1. The fourth-order valence-electron chi connectivity index (χ4n) is 2.49. The number of H-pyrrole nitrogens is 1. The first-order valence-corrected chi connectivity index (χ1v) is 8.81. The van der Waals surface area contributed by atoms with Gasteiger partial charge in [-0.25, -0.2) is 0 Å². The molecule has 0 bridgehead atoms. The zero-order valence-electron chi connectivity index (χ0n) is 14.4. The number of aromatic nitrogens is 1. The lowest BCUT2D eigenvalue weighted by molar-refractivity contribution is 0.0947. The van der Waals surface area contributed by atoms with E-state index in [1.807, 2.05) is 12.1 Å². The van der Waals surface area contributed by atoms with Gasteiger partial charge in [-0.15, -0.1) is 0 Å². The van der Waals surface area contributed by atoms with Gasteiger partial charge >= 0.3 is 0 Å². The number of carbonyl (C=O) groups excluding carboxylic acids is 1. The number of benzene rings is 1. The molecule has 2 rings (SSSR count). The van der Waals surface area contributed by atoms with E-state index in [0.29, 0.717) is 33.4 Å². The van der Waals surface area contributed by atoms with Crippen molar-refractivity contribution in [1.29, 1.82) is 0 Å². The third kappa shape index (κ3) is 5.21. The molecule has 2 aromatic rings. The van der Waals surface area contributed by atoms with E-state index in [0.717, 1.165) is 18.4 Å². The Balaban J connectivity index is 2.00. The molecule has 1 amide bonds. The van der Waals surface area contributed by atoms with Gasteiger partial charge in [-0.05, 0) is 42.7 Å². The van der Waals surface area contributed by atoms with E-state index in [2.05, 4.69) is 16.9 Å². The number of pyridine rings is 1. The van der Waals surface area contributed by atoms with Crippen LogP contribution >= 0.6 is 23.2 Å². The monoisotopic (exact) mass is 394 g/mol. The van der Waals surface area contributed by atoms with Gasteiger partial charge in [0.2, 0.25) is 0 Å². The highest BCUT2D eigenvalue weighted by atomic mass is 35.5. The molecule has 0 atom stereocenters. The van der Waals surface area contributed by atoms with Gasteiger partial charge in [-0.1, -0.05) is 35.8 Å². The molecule has 0 saturated carbocycles. The summed E-state index contributed by atoms with van der Waals surface area (Å²) in [6, 6.07) is 7.06. The van der Waals surface area contributed by atoms with Gasteiger partial charge in [0.15, 0.2) is 0 Å². The summed E-state index contributed by atoms with van der Waals surface area (Å²) in [5.74, 6) is -0.319. The Bertz CT molecular complexity index is 862. The largest absolute Gasteiger partial charge is 0.380 e. The summed E-state index contributed by atoms with van der Waals surface area (Å²) in [4.78, 5) is 27.2. The minimum Gasteiger partial charge on any atom is -0.380 e. The van der Waals surface area contributed by atoms with Crippen LogP contribution in [0.2, 0.25) is 10.0 Å². The maximum Gasteiger partial charge on any atom is 0.254 e. The number of rotatable bonds is 8. The van der Waals surface area contributed by atoms with Crippen LogP contribution in [0.3, 0.4) is 0 Å². The fraction of sp³-hybridized carbons (Fsp3) is 0.263. The molecule has 1 heterocycles. The second-order valence-corrected chi connectivity index (χ2v) is 6.51. The van der Waals surface area contributed by atoms with Gasteiger partial charge in [0.1, 0.15) is 0 Å². The first-order valence-electron chi connectivity index (χ1n) is 8.06. The van der Waals surface area contributed by atoms with Crippen molar-refractivity contribution in [3.8, 4) is 0 Å². The molecule has 0 radical (unpaired) electrons. The highest BCUT2D eigenvalue weighted by molar-refractivity contribution is 6.42. The highest BCUT2D eigenvalue weighted by Crippen LogP contribution is 2.23. The quantitative estimate of drug-likeness (QED) is 0.668. The number of amides is 1. The summed E-state index contributed by atoms with van der Waals surface area (Å²) < 4.78 is 5.03. The number of halogens is 2. The minimum absolute atomic E-state index is 0.0543. The lowest BCUT2D eigenvalue weighted by Crippen LogP contribution is -2.29. The summed E-state index contributed by atoms with van der Waals surface area (Å²) in [7, 11) is 1.47. The molecular weight excluding hydrogens is 375 g/mol. The molecular formula is C19H20Cl2N2O3. The standard InChI is InChI=1S/C19H20Cl2N2O3/c1-3-13-10-14(15(11-26-2)19(25)23-13)18(24)22-8-4-5-12-6-7-16(20)17(21)9-12/h3,6-7,9-10H,1,4-5,8,11H2,2H3,(H,22,24)(H,23,25). The molecule has 2 N–H and O–H groups in total. The maximum absolute atomic E-state index is 12.5. The van der Waals surface area contributed by atoms with E-state index in [-0.39, 0.29) is 18.1 Å². The topological polar surface area (TPSA) is 71.2 Å². The molecule has 0 saturated heterocycles. The predicted molar refractivity (Wildman–Crippen MR) is 105 cm³/mol. The third-order valence-corrected chi connectivity index (χ3v) is 4.56. The average molecular weight is 395 g/mol. The normalized spacial score (nSPS) is 10.6. The molecule has 138 valence electrons. The zero-order chi connectivity index (χ0) is 19.1. The van der Waals surface area contributed by atoms with Crippen molar-refractivity contribution in [1.82, 2.24) is 10.3 Å². The number of aromatic amines is 1. The zero-order valence-corrected chi connectivity index (χ0v) is 15.9. The second-order valence-electron chi connectivity index (χ2n) is 5.69. The molecule has 0 aliphatic heterocycles. The molecule has 0 fully saturated rings. The van der Waals surface area contributed by atoms with Gasteiger partial charge < -0.3 is 15.0 Å². The molecule has 26 heavy (non-hydrogen) atoms. The first kappa shape index (κ1) is 20.2. The maximum atomic E-state index is 12.5. The van der Waals surface area contributed by atoms with Crippen LogP contribution in [-0.4, -0.2) is 24.5 Å². The van der Waals surface area contributed by atoms with E-state index >= 15 is 0 Å². The Hall–Kier alpha value is -2.08. The summed E-state index contributed by atoms with van der Waals surface area (Å²) in [5.41, 5.74) is 1.75. The predicted octanol–water partition coefficient (Wildman–Crippen LogP) is 3.83. The third-order valence-electron chi connectivity index (χ3n) is 3.82. The van der Waals surface area contributed by atoms with Crippen molar-refractivity contribution in [2.45, 2.75) is 19.4 Å². The van der Waals surface area contributed by atoms with Gasteiger partial charge in [-0.2, -0.15) is 0 Å². The van der Waals surface area contributed by atoms with E-state index in [1.165, 1.54) is 13.2 Å². The van der Waals surface area contributed by atoms with Crippen LogP contribution in [0, 0.1) is 0 Å². The van der Waals surface area contributed by atoms with Crippen molar-refractivity contribution in [3.63, 3.8) is 0 Å². The molecule has 7 heteroatoms. The molecule has 5 nitrogen and oxygen atoms in total. The fourth-order valence-corrected chi connectivity index (χ4v) is 2.81. The van der Waals surface area contributed by atoms with E-state index < -0.39 is 0 Å². The summed E-state index contributed by atoms with van der Waals surface area (Å²) in [6.07, 6.45) is 2.95. The molecule has 1 aromatic carbocycles. The average Bonchev–Trinajstić information content (AvgIpc) is 2.63. The Morgan fingerprint density at radius 2 is 2.08 bits per heavy atom. The lowest BCUT2D eigenvalue weighted by atomic mass is 10.1. The van der Waals surface area contributed by atoms with E-state index in [1.54, 1.807) is 12.1 Å². The van der Waals surface area contributed by atoms with Gasteiger partial charge in [0.05, 0.1) is 27.8 Å². The van der Waals surface area contributed by atoms with Crippen molar-refractivity contribution in [2.75, 3.05) is 13.7 Å². The Labute approximate surface area is 162 Å². The number of methoxy groups -OCH3 is 1. The second kappa shape index (κ2) is 9.57. The lowest BCUT2D eigenvalue weighted by Gasteiger charge is -2.10. The number of ether oxygens (including phenoxy) is 1. The van der Waals surface area contributed by atoms with Gasteiger partial charge in [-0.3, -0.25) is 9.59 Å².